The third-order valence-electron chi connectivity index (χ3n) is 7.69. The molecular weight excluding hydrogens is 434 g/mol. The van der Waals surface area contributed by atoms with E-state index in [1.165, 1.54) is 5.56 Å². The molecule has 0 aliphatic carbocycles. The van der Waals surface area contributed by atoms with Gasteiger partial charge < -0.3 is 14.6 Å². The smallest absolute Gasteiger partial charge is 0.223 e. The molecule has 1 amide bonds. The third-order valence-corrected chi connectivity index (χ3v) is 7.69. The number of likely N-dealkylation sites (tertiary alicyclic amines) is 1. The van der Waals surface area contributed by atoms with Gasteiger partial charge in [0.15, 0.2) is 5.82 Å². The van der Waals surface area contributed by atoms with Crippen molar-refractivity contribution in [1.82, 2.24) is 19.6 Å². The monoisotopic (exact) mass is 467 g/mol. The van der Waals surface area contributed by atoms with Gasteiger partial charge in [-0.05, 0) is 55.5 Å². The standard InChI is InChI=1S/C29H33N5O/c35-29(30-24-14-17-32(18-15-24)21-22-7-2-1-3-8-22)23-12-19-33(20-13-23)28-27-11-6-16-34(27)26-10-5-4-9-25(26)31-28/h1-11,16,23-24H,12-15,17-21H2,(H,30,35). The Morgan fingerprint density at radius 1 is 0.829 bits per heavy atom. The van der Waals surface area contributed by atoms with Crippen molar-refractivity contribution < 1.29 is 4.79 Å². The first-order valence-electron chi connectivity index (χ1n) is 12.9. The lowest BCUT2D eigenvalue weighted by Crippen LogP contribution is -2.48. The summed E-state index contributed by atoms with van der Waals surface area (Å²) in [5, 5.41) is 3.37. The number of hydrogen-bond acceptors (Lipinski definition) is 4. The topological polar surface area (TPSA) is 52.9 Å². The van der Waals surface area contributed by atoms with Gasteiger partial charge in [0.25, 0.3) is 0 Å². The van der Waals surface area contributed by atoms with E-state index >= 15 is 0 Å². The minimum absolute atomic E-state index is 0.0943. The molecule has 1 N–H and O–H groups in total. The summed E-state index contributed by atoms with van der Waals surface area (Å²) in [6.45, 7) is 4.80. The highest BCUT2D eigenvalue weighted by Gasteiger charge is 2.29. The summed E-state index contributed by atoms with van der Waals surface area (Å²) in [7, 11) is 0. The molecule has 6 nitrogen and oxygen atoms in total. The highest BCUT2D eigenvalue weighted by Crippen LogP contribution is 2.29. The lowest BCUT2D eigenvalue weighted by atomic mass is 9.94. The van der Waals surface area contributed by atoms with Crippen molar-refractivity contribution in [3.63, 3.8) is 0 Å². The molecule has 0 atom stereocenters. The van der Waals surface area contributed by atoms with Gasteiger partial charge in [-0.1, -0.05) is 42.5 Å². The quantitative estimate of drug-likeness (QED) is 0.470. The fraction of sp³-hybridized carbons (Fsp3) is 0.379. The first-order valence-corrected chi connectivity index (χ1v) is 12.9. The number of para-hydroxylation sites is 2. The van der Waals surface area contributed by atoms with E-state index in [0.717, 1.165) is 80.8 Å². The van der Waals surface area contributed by atoms with Crippen molar-refractivity contribution in [2.75, 3.05) is 31.1 Å². The molecule has 4 aromatic rings. The Labute approximate surface area is 206 Å². The fourth-order valence-electron chi connectivity index (χ4n) is 5.69. The largest absolute Gasteiger partial charge is 0.355 e. The highest BCUT2D eigenvalue weighted by atomic mass is 16.2. The summed E-state index contributed by atoms with van der Waals surface area (Å²) in [6.07, 6.45) is 5.92. The van der Waals surface area contributed by atoms with Crippen LogP contribution in [-0.2, 0) is 11.3 Å². The van der Waals surface area contributed by atoms with Crippen LogP contribution in [0.25, 0.3) is 16.6 Å². The predicted molar refractivity (Wildman–Crippen MR) is 141 cm³/mol. The van der Waals surface area contributed by atoms with Crippen LogP contribution >= 0.6 is 0 Å². The Hall–Kier alpha value is -3.38. The van der Waals surface area contributed by atoms with E-state index < -0.39 is 0 Å². The maximum Gasteiger partial charge on any atom is 0.223 e. The summed E-state index contributed by atoms with van der Waals surface area (Å²) in [4.78, 5) is 22.9. The number of amides is 1. The third kappa shape index (κ3) is 4.63. The van der Waals surface area contributed by atoms with Gasteiger partial charge in [0.05, 0.1) is 16.6 Å². The number of nitrogens with one attached hydrogen (secondary N) is 1. The molecule has 35 heavy (non-hydrogen) atoms. The number of fused-ring (bicyclic) bond motifs is 3. The van der Waals surface area contributed by atoms with E-state index in [1.807, 2.05) is 6.07 Å². The van der Waals surface area contributed by atoms with Crippen LogP contribution in [0.4, 0.5) is 5.82 Å². The van der Waals surface area contributed by atoms with Crippen LogP contribution in [0.5, 0.6) is 0 Å². The normalized spacial score (nSPS) is 18.3. The minimum Gasteiger partial charge on any atom is -0.355 e. The van der Waals surface area contributed by atoms with Crippen molar-refractivity contribution in [3.8, 4) is 0 Å². The van der Waals surface area contributed by atoms with E-state index in [-0.39, 0.29) is 11.8 Å². The second-order valence-electron chi connectivity index (χ2n) is 9.99. The van der Waals surface area contributed by atoms with Crippen molar-refractivity contribution in [2.45, 2.75) is 38.3 Å². The van der Waals surface area contributed by atoms with Crippen LogP contribution in [0.3, 0.4) is 0 Å². The molecule has 6 rings (SSSR count). The zero-order valence-electron chi connectivity index (χ0n) is 20.1. The summed E-state index contributed by atoms with van der Waals surface area (Å²) in [5.74, 6) is 1.36. The number of nitrogens with zero attached hydrogens (tertiary/aromatic N) is 4. The van der Waals surface area contributed by atoms with Crippen molar-refractivity contribution >= 4 is 28.3 Å². The molecule has 2 aliphatic heterocycles. The lowest BCUT2D eigenvalue weighted by Gasteiger charge is -2.35. The van der Waals surface area contributed by atoms with E-state index in [9.17, 15) is 4.79 Å². The van der Waals surface area contributed by atoms with Gasteiger partial charge in [-0.15, -0.1) is 0 Å². The number of aromatic nitrogens is 2. The number of carbonyl (C=O) groups is 1. The van der Waals surface area contributed by atoms with Crippen LogP contribution in [0, 0.1) is 5.92 Å². The number of anilines is 1. The lowest BCUT2D eigenvalue weighted by molar-refractivity contribution is -0.126. The number of piperidine rings is 2. The Kier molecular flexibility index (Phi) is 6.13. The Morgan fingerprint density at radius 2 is 1.54 bits per heavy atom. The minimum atomic E-state index is 0.0943. The van der Waals surface area contributed by atoms with Crippen LogP contribution in [0.15, 0.2) is 72.9 Å². The molecule has 0 spiro atoms. The summed E-state index contributed by atoms with van der Waals surface area (Å²) >= 11 is 0. The SMILES string of the molecule is O=C(NC1CCN(Cc2ccccc2)CC1)C1CCN(c2nc3ccccc3n3cccc23)CC1. The van der Waals surface area contributed by atoms with Crippen LogP contribution in [-0.4, -0.2) is 52.4 Å². The van der Waals surface area contributed by atoms with E-state index in [2.05, 4.69) is 86.4 Å². The average Bonchev–Trinajstić information content (AvgIpc) is 3.41. The molecule has 0 unspecified atom stereocenters. The van der Waals surface area contributed by atoms with Gasteiger partial charge in [0, 0.05) is 50.9 Å². The Balaban J connectivity index is 1.03. The molecule has 2 fully saturated rings. The molecule has 2 saturated heterocycles. The van der Waals surface area contributed by atoms with Gasteiger partial charge in [0.1, 0.15) is 0 Å². The summed E-state index contributed by atoms with van der Waals surface area (Å²) < 4.78 is 2.22. The molecule has 0 bridgehead atoms. The van der Waals surface area contributed by atoms with Crippen molar-refractivity contribution in [1.29, 1.82) is 0 Å². The molecule has 2 aromatic heterocycles. The summed E-state index contributed by atoms with van der Waals surface area (Å²) in [5.41, 5.74) is 4.62. The highest BCUT2D eigenvalue weighted by molar-refractivity contribution is 5.85. The number of rotatable bonds is 5. The van der Waals surface area contributed by atoms with Gasteiger partial charge >= 0.3 is 0 Å². The van der Waals surface area contributed by atoms with Crippen LogP contribution < -0.4 is 10.2 Å². The average molecular weight is 468 g/mol. The first-order chi connectivity index (χ1) is 17.2. The van der Waals surface area contributed by atoms with Gasteiger partial charge in [0.2, 0.25) is 5.91 Å². The van der Waals surface area contributed by atoms with Crippen molar-refractivity contribution in [3.05, 3.63) is 78.5 Å². The molecule has 180 valence electrons. The molecule has 0 radical (unpaired) electrons. The second-order valence-corrected chi connectivity index (χ2v) is 9.99. The molecule has 6 heteroatoms. The molecule has 2 aliphatic rings. The second kappa shape index (κ2) is 9.70. The molecular formula is C29H33N5O. The number of hydrogen-bond donors (Lipinski definition) is 1. The van der Waals surface area contributed by atoms with E-state index in [0.29, 0.717) is 6.04 Å². The van der Waals surface area contributed by atoms with Gasteiger partial charge in [-0.2, -0.15) is 0 Å². The molecule has 2 aromatic carbocycles. The van der Waals surface area contributed by atoms with E-state index in [4.69, 9.17) is 4.98 Å². The van der Waals surface area contributed by atoms with Gasteiger partial charge in [-0.25, -0.2) is 4.98 Å². The van der Waals surface area contributed by atoms with E-state index in [1.54, 1.807) is 0 Å². The van der Waals surface area contributed by atoms with Gasteiger partial charge in [-0.3, -0.25) is 9.69 Å². The predicted octanol–water partition coefficient (Wildman–Crippen LogP) is 4.48. The maximum atomic E-state index is 13.1. The zero-order chi connectivity index (χ0) is 23.6. The first kappa shape index (κ1) is 22.1. The number of carbonyl (C=O) groups excluding carboxylic acids is 1. The fourth-order valence-corrected chi connectivity index (χ4v) is 5.69. The van der Waals surface area contributed by atoms with Crippen molar-refractivity contribution in [2.24, 2.45) is 5.92 Å². The molecule has 0 saturated carbocycles. The molecule has 4 heterocycles. The van der Waals surface area contributed by atoms with Crippen LogP contribution in [0.1, 0.15) is 31.2 Å². The number of benzene rings is 2. The maximum absolute atomic E-state index is 13.1. The summed E-state index contributed by atoms with van der Waals surface area (Å²) in [6, 6.07) is 23.4. The van der Waals surface area contributed by atoms with Crippen LogP contribution in [0.2, 0.25) is 0 Å². The zero-order valence-corrected chi connectivity index (χ0v) is 20.1. The Bertz CT molecular complexity index is 1300. The Morgan fingerprint density at radius 3 is 2.34 bits per heavy atom.